The van der Waals surface area contributed by atoms with Gasteiger partial charge in [-0.05, 0) is 48.6 Å². The molecule has 2 aromatic carbocycles. The molecule has 164 valence electrons. The number of pyridine rings is 1. The van der Waals surface area contributed by atoms with Gasteiger partial charge in [-0.1, -0.05) is 35.6 Å². The van der Waals surface area contributed by atoms with Gasteiger partial charge in [0.2, 0.25) is 0 Å². The highest BCUT2D eigenvalue weighted by atomic mass is 32.1. The molecule has 1 unspecified atom stereocenters. The normalized spacial score (nSPS) is 15.4. The van der Waals surface area contributed by atoms with Gasteiger partial charge >= 0.3 is 0 Å². The molecule has 1 N–H and O–H groups in total. The van der Waals surface area contributed by atoms with Crippen molar-refractivity contribution in [3.05, 3.63) is 84.3 Å². The molecule has 33 heavy (non-hydrogen) atoms. The van der Waals surface area contributed by atoms with E-state index >= 15 is 0 Å². The summed E-state index contributed by atoms with van der Waals surface area (Å²) in [6.45, 7) is 0. The van der Waals surface area contributed by atoms with Crippen molar-refractivity contribution in [3.8, 4) is 22.8 Å². The van der Waals surface area contributed by atoms with Gasteiger partial charge < -0.3 is 10.1 Å². The summed E-state index contributed by atoms with van der Waals surface area (Å²) in [4.78, 5) is 9.24. The molecule has 6 nitrogen and oxygen atoms in total. The SMILES string of the molecule is Cn1cc(-c2cc(Oc3ccc4nc(NC5CCc6ccccc6C5)sc4c3)ccn2)cn1. The molecule has 0 radical (unpaired) electrons. The van der Waals surface area contributed by atoms with Crippen molar-refractivity contribution < 1.29 is 4.74 Å². The van der Waals surface area contributed by atoms with Gasteiger partial charge in [-0.3, -0.25) is 9.67 Å². The lowest BCUT2D eigenvalue weighted by Gasteiger charge is -2.25. The average Bonchev–Trinajstić information content (AvgIpc) is 3.44. The van der Waals surface area contributed by atoms with Crippen molar-refractivity contribution in [1.82, 2.24) is 19.7 Å². The molecule has 3 aromatic heterocycles. The molecule has 0 bridgehead atoms. The summed E-state index contributed by atoms with van der Waals surface area (Å²) >= 11 is 1.67. The van der Waals surface area contributed by atoms with Crippen LogP contribution in [-0.2, 0) is 19.9 Å². The number of benzene rings is 2. The highest BCUT2D eigenvalue weighted by molar-refractivity contribution is 7.22. The minimum absolute atomic E-state index is 0.416. The number of nitrogens with one attached hydrogen (secondary N) is 1. The molecule has 0 fully saturated rings. The van der Waals surface area contributed by atoms with Crippen LogP contribution in [0.2, 0.25) is 0 Å². The predicted octanol–water partition coefficient (Wildman–Crippen LogP) is 5.85. The third-order valence-corrected chi connectivity index (χ3v) is 6.95. The smallest absolute Gasteiger partial charge is 0.184 e. The monoisotopic (exact) mass is 453 g/mol. The van der Waals surface area contributed by atoms with E-state index in [-0.39, 0.29) is 0 Å². The second kappa shape index (κ2) is 8.33. The fourth-order valence-electron chi connectivity index (χ4n) is 4.35. The summed E-state index contributed by atoms with van der Waals surface area (Å²) in [7, 11) is 1.89. The highest BCUT2D eigenvalue weighted by Gasteiger charge is 2.19. The number of ether oxygens (including phenoxy) is 1. The number of rotatable bonds is 5. The summed E-state index contributed by atoms with van der Waals surface area (Å²) in [5.41, 5.74) is 5.70. The number of anilines is 1. The van der Waals surface area contributed by atoms with Crippen LogP contribution in [0, 0.1) is 0 Å². The van der Waals surface area contributed by atoms with Gasteiger partial charge in [0, 0.05) is 43.2 Å². The molecule has 1 aliphatic carbocycles. The molecule has 6 rings (SSSR count). The first-order valence-electron chi connectivity index (χ1n) is 11.1. The van der Waals surface area contributed by atoms with Gasteiger partial charge in [-0.15, -0.1) is 0 Å². The molecule has 0 spiro atoms. The van der Waals surface area contributed by atoms with Gasteiger partial charge in [0.15, 0.2) is 5.13 Å². The third kappa shape index (κ3) is 4.19. The fraction of sp³-hybridized carbons (Fsp3) is 0.192. The van der Waals surface area contributed by atoms with Crippen LogP contribution in [-0.4, -0.2) is 25.8 Å². The van der Waals surface area contributed by atoms with E-state index in [1.165, 1.54) is 11.1 Å². The summed E-state index contributed by atoms with van der Waals surface area (Å²) in [5, 5.41) is 8.85. The lowest BCUT2D eigenvalue weighted by atomic mass is 9.88. The molecule has 5 aromatic rings. The van der Waals surface area contributed by atoms with Crippen molar-refractivity contribution >= 4 is 26.7 Å². The second-order valence-electron chi connectivity index (χ2n) is 8.38. The molecule has 1 atom stereocenters. The Labute approximate surface area is 195 Å². The standard InChI is InChI=1S/C26H23N5OS/c1-31-16-19(15-28-31)24-13-22(10-11-27-24)32-21-8-9-23-25(14-21)33-26(30-23)29-20-7-6-17-4-2-3-5-18(17)12-20/h2-5,8-11,13-16,20H,6-7,12H2,1H3,(H,29,30). The molecular formula is C26H23N5OS. The maximum atomic E-state index is 6.14. The Hall–Kier alpha value is -3.71. The number of aryl methyl sites for hydroxylation is 2. The number of aromatic nitrogens is 4. The number of hydrogen-bond donors (Lipinski definition) is 1. The van der Waals surface area contributed by atoms with Gasteiger partial charge in [-0.25, -0.2) is 4.98 Å². The first-order chi connectivity index (χ1) is 16.2. The van der Waals surface area contributed by atoms with E-state index in [4.69, 9.17) is 9.72 Å². The topological polar surface area (TPSA) is 64.9 Å². The predicted molar refractivity (Wildman–Crippen MR) is 132 cm³/mol. The van der Waals surface area contributed by atoms with Crippen LogP contribution in [0.1, 0.15) is 17.5 Å². The molecule has 3 heterocycles. The summed E-state index contributed by atoms with van der Waals surface area (Å²) in [6.07, 6.45) is 8.78. The lowest BCUT2D eigenvalue weighted by Crippen LogP contribution is -2.27. The summed E-state index contributed by atoms with van der Waals surface area (Å²) in [6, 6.07) is 19.0. The first-order valence-corrected chi connectivity index (χ1v) is 11.9. The van der Waals surface area contributed by atoms with E-state index in [1.54, 1.807) is 28.4 Å². The number of nitrogens with zero attached hydrogens (tertiary/aromatic N) is 4. The zero-order valence-corrected chi connectivity index (χ0v) is 19.0. The Bertz CT molecular complexity index is 1440. The zero-order chi connectivity index (χ0) is 22.2. The van der Waals surface area contributed by atoms with Crippen molar-refractivity contribution in [2.45, 2.75) is 25.3 Å². The van der Waals surface area contributed by atoms with Crippen LogP contribution >= 0.6 is 11.3 Å². The lowest BCUT2D eigenvalue weighted by molar-refractivity contribution is 0.483. The Morgan fingerprint density at radius 1 is 1.06 bits per heavy atom. The Morgan fingerprint density at radius 3 is 2.82 bits per heavy atom. The summed E-state index contributed by atoms with van der Waals surface area (Å²) in [5.74, 6) is 1.53. The van der Waals surface area contributed by atoms with Crippen LogP contribution in [0.3, 0.4) is 0 Å². The molecule has 1 aliphatic rings. The van der Waals surface area contributed by atoms with E-state index in [1.807, 2.05) is 37.5 Å². The van der Waals surface area contributed by atoms with Crippen LogP contribution in [0.15, 0.2) is 73.2 Å². The van der Waals surface area contributed by atoms with E-state index in [0.717, 1.165) is 57.4 Å². The molecule has 0 saturated carbocycles. The largest absolute Gasteiger partial charge is 0.457 e. The van der Waals surface area contributed by atoms with Crippen LogP contribution in [0.25, 0.3) is 21.5 Å². The second-order valence-corrected chi connectivity index (χ2v) is 9.41. The molecule has 0 amide bonds. The van der Waals surface area contributed by atoms with Gasteiger partial charge in [0.25, 0.3) is 0 Å². The van der Waals surface area contributed by atoms with E-state index in [9.17, 15) is 0 Å². The first kappa shape index (κ1) is 19.9. The minimum Gasteiger partial charge on any atom is -0.457 e. The Morgan fingerprint density at radius 2 is 1.94 bits per heavy atom. The molecular weight excluding hydrogens is 430 g/mol. The highest BCUT2D eigenvalue weighted by Crippen LogP contribution is 2.33. The van der Waals surface area contributed by atoms with Crippen LogP contribution in [0.4, 0.5) is 5.13 Å². The van der Waals surface area contributed by atoms with Crippen molar-refractivity contribution in [2.75, 3.05) is 5.32 Å². The van der Waals surface area contributed by atoms with Crippen LogP contribution < -0.4 is 10.1 Å². The van der Waals surface area contributed by atoms with Crippen molar-refractivity contribution in [3.63, 3.8) is 0 Å². The number of thiazole rings is 1. The van der Waals surface area contributed by atoms with Crippen molar-refractivity contribution in [2.24, 2.45) is 7.05 Å². The van der Waals surface area contributed by atoms with Gasteiger partial charge in [0.05, 0.1) is 22.1 Å². The van der Waals surface area contributed by atoms with E-state index < -0.39 is 0 Å². The number of hydrogen-bond acceptors (Lipinski definition) is 6. The quantitative estimate of drug-likeness (QED) is 0.361. The summed E-state index contributed by atoms with van der Waals surface area (Å²) < 4.78 is 9.01. The fourth-order valence-corrected chi connectivity index (χ4v) is 5.32. The van der Waals surface area contributed by atoms with Crippen molar-refractivity contribution in [1.29, 1.82) is 0 Å². The van der Waals surface area contributed by atoms with Gasteiger partial charge in [0.1, 0.15) is 11.5 Å². The molecule has 0 saturated heterocycles. The number of fused-ring (bicyclic) bond motifs is 2. The molecule has 0 aliphatic heterocycles. The van der Waals surface area contributed by atoms with E-state index in [0.29, 0.717) is 6.04 Å². The molecule has 7 heteroatoms. The third-order valence-electron chi connectivity index (χ3n) is 6.00. The minimum atomic E-state index is 0.416. The maximum Gasteiger partial charge on any atom is 0.184 e. The van der Waals surface area contributed by atoms with Gasteiger partial charge in [-0.2, -0.15) is 5.10 Å². The Balaban J connectivity index is 1.18. The zero-order valence-electron chi connectivity index (χ0n) is 18.2. The van der Waals surface area contributed by atoms with E-state index in [2.05, 4.69) is 45.7 Å². The average molecular weight is 454 g/mol. The Kier molecular flexibility index (Phi) is 5.03. The maximum absolute atomic E-state index is 6.14. The van der Waals surface area contributed by atoms with Crippen LogP contribution in [0.5, 0.6) is 11.5 Å².